The minimum atomic E-state index is -1.06. The topological polar surface area (TPSA) is 72.0 Å². The fourth-order valence-corrected chi connectivity index (χ4v) is 1.09. The van der Waals surface area contributed by atoms with Crippen molar-refractivity contribution in [2.45, 2.75) is 26.4 Å². The van der Waals surface area contributed by atoms with Crippen molar-refractivity contribution in [3.63, 3.8) is 0 Å². The van der Waals surface area contributed by atoms with E-state index in [4.69, 9.17) is 5.73 Å². The Morgan fingerprint density at radius 2 is 2.00 bits per heavy atom. The van der Waals surface area contributed by atoms with Crippen LogP contribution in [-0.4, -0.2) is 20.7 Å². The third kappa shape index (κ3) is 3.50. The predicted molar refractivity (Wildman–Crippen MR) is 62.1 cm³/mol. The second-order valence-corrected chi connectivity index (χ2v) is 4.39. The van der Waals surface area contributed by atoms with Crippen molar-refractivity contribution >= 4 is 21.7 Å². The maximum atomic E-state index is 9.42. The van der Waals surface area contributed by atoms with Gasteiger partial charge in [0.2, 0.25) is 0 Å². The minimum Gasteiger partial charge on any atom is -0.381 e. The molecule has 5 heteroatoms. The Balaban J connectivity index is 3.15. The van der Waals surface area contributed by atoms with Crippen LogP contribution in [0, 0.1) is 18.8 Å². The Morgan fingerprint density at radius 3 is 2.53 bits per heavy atom. The van der Waals surface area contributed by atoms with Gasteiger partial charge in [-0.25, -0.2) is 9.97 Å². The van der Waals surface area contributed by atoms with Gasteiger partial charge in [-0.1, -0.05) is 5.92 Å². The predicted octanol–water partition coefficient (Wildman–Crippen LogP) is 1.25. The first-order valence-electron chi connectivity index (χ1n) is 4.35. The molecule has 0 saturated heterocycles. The molecule has 0 aromatic carbocycles. The average molecular weight is 270 g/mol. The first-order chi connectivity index (χ1) is 6.79. The highest BCUT2D eigenvalue weighted by atomic mass is 79.9. The summed E-state index contributed by atoms with van der Waals surface area (Å²) in [5, 5.41) is 9.42. The number of rotatable bonds is 0. The molecule has 1 rings (SSSR count). The molecule has 0 amide bonds. The first kappa shape index (κ1) is 12.0. The van der Waals surface area contributed by atoms with Gasteiger partial charge in [0.15, 0.2) is 11.5 Å². The van der Waals surface area contributed by atoms with Gasteiger partial charge in [0.25, 0.3) is 0 Å². The Morgan fingerprint density at radius 1 is 1.40 bits per heavy atom. The molecular formula is C10H12BrN3O. The molecule has 0 aliphatic carbocycles. The van der Waals surface area contributed by atoms with Crippen molar-refractivity contribution in [2.24, 2.45) is 0 Å². The van der Waals surface area contributed by atoms with Crippen LogP contribution in [0.15, 0.2) is 4.60 Å². The molecular weight excluding hydrogens is 258 g/mol. The number of halogens is 1. The zero-order valence-electron chi connectivity index (χ0n) is 8.80. The summed E-state index contributed by atoms with van der Waals surface area (Å²) in [7, 11) is 0. The van der Waals surface area contributed by atoms with Crippen LogP contribution in [0.2, 0.25) is 0 Å². The molecule has 1 aromatic rings. The first-order valence-corrected chi connectivity index (χ1v) is 5.14. The molecule has 0 fully saturated rings. The fourth-order valence-electron chi connectivity index (χ4n) is 0.820. The highest BCUT2D eigenvalue weighted by Crippen LogP contribution is 2.14. The van der Waals surface area contributed by atoms with Gasteiger partial charge in [0, 0.05) is 0 Å². The summed E-state index contributed by atoms with van der Waals surface area (Å²) in [6, 6.07) is 0. The summed E-state index contributed by atoms with van der Waals surface area (Å²) in [4.78, 5) is 8.18. The molecule has 0 unspecified atom stereocenters. The maximum absolute atomic E-state index is 9.42. The van der Waals surface area contributed by atoms with E-state index in [1.807, 2.05) is 0 Å². The number of nitrogen functional groups attached to an aromatic ring is 1. The van der Waals surface area contributed by atoms with Crippen molar-refractivity contribution in [2.75, 3.05) is 5.73 Å². The number of hydrogen-bond acceptors (Lipinski definition) is 4. The van der Waals surface area contributed by atoms with Gasteiger partial charge in [-0.05, 0) is 42.6 Å². The quantitative estimate of drug-likeness (QED) is 0.696. The summed E-state index contributed by atoms with van der Waals surface area (Å²) < 4.78 is 0.608. The number of aryl methyl sites for hydroxylation is 1. The van der Waals surface area contributed by atoms with E-state index in [1.54, 1.807) is 20.8 Å². The lowest BCUT2D eigenvalue weighted by Gasteiger charge is -2.06. The SMILES string of the molecule is Cc1nc(N)c(C#CC(C)(C)O)nc1Br. The lowest BCUT2D eigenvalue weighted by Crippen LogP contribution is -2.14. The maximum Gasteiger partial charge on any atom is 0.158 e. The van der Waals surface area contributed by atoms with Gasteiger partial charge < -0.3 is 10.8 Å². The van der Waals surface area contributed by atoms with Crippen LogP contribution < -0.4 is 5.73 Å². The van der Waals surface area contributed by atoms with Crippen LogP contribution in [0.5, 0.6) is 0 Å². The van der Waals surface area contributed by atoms with Crippen molar-refractivity contribution < 1.29 is 5.11 Å². The van der Waals surface area contributed by atoms with Gasteiger partial charge in [-0.2, -0.15) is 0 Å². The van der Waals surface area contributed by atoms with E-state index in [1.165, 1.54) is 0 Å². The number of anilines is 1. The summed E-state index contributed by atoms with van der Waals surface area (Å²) >= 11 is 3.24. The summed E-state index contributed by atoms with van der Waals surface area (Å²) in [5.74, 6) is 5.59. The lowest BCUT2D eigenvalue weighted by molar-refractivity contribution is 0.143. The number of nitrogens with two attached hydrogens (primary N) is 1. The van der Waals surface area contributed by atoms with Gasteiger partial charge in [0.1, 0.15) is 10.2 Å². The second kappa shape index (κ2) is 4.17. The Labute approximate surface area is 97.1 Å². The number of nitrogens with zero attached hydrogens (tertiary/aromatic N) is 2. The van der Waals surface area contributed by atoms with E-state index in [0.29, 0.717) is 16.0 Å². The minimum absolute atomic E-state index is 0.271. The number of aromatic nitrogens is 2. The van der Waals surface area contributed by atoms with Crippen LogP contribution in [0.1, 0.15) is 25.2 Å². The van der Waals surface area contributed by atoms with E-state index in [9.17, 15) is 5.11 Å². The molecule has 0 radical (unpaired) electrons. The van der Waals surface area contributed by atoms with Crippen molar-refractivity contribution in [1.29, 1.82) is 0 Å². The zero-order chi connectivity index (χ0) is 11.6. The standard InChI is InChI=1S/C10H12BrN3O/c1-6-8(11)14-7(9(12)13-6)4-5-10(2,3)15/h15H,1-3H3,(H2,12,13). The summed E-state index contributed by atoms with van der Waals surface area (Å²) in [5.41, 5.74) is 5.66. The largest absolute Gasteiger partial charge is 0.381 e. The average Bonchev–Trinajstić information content (AvgIpc) is 2.07. The highest BCUT2D eigenvalue weighted by Gasteiger charge is 2.08. The summed E-state index contributed by atoms with van der Waals surface area (Å²) in [6.07, 6.45) is 0. The van der Waals surface area contributed by atoms with Crippen molar-refractivity contribution in [3.05, 3.63) is 16.0 Å². The highest BCUT2D eigenvalue weighted by molar-refractivity contribution is 9.10. The van der Waals surface area contributed by atoms with E-state index >= 15 is 0 Å². The molecule has 0 atom stereocenters. The van der Waals surface area contributed by atoms with E-state index in [0.717, 1.165) is 0 Å². The van der Waals surface area contributed by atoms with Crippen LogP contribution in [0.4, 0.5) is 5.82 Å². The number of hydrogen-bond donors (Lipinski definition) is 2. The van der Waals surface area contributed by atoms with Crippen LogP contribution in [0.25, 0.3) is 0 Å². The molecule has 15 heavy (non-hydrogen) atoms. The molecule has 0 saturated carbocycles. The van der Waals surface area contributed by atoms with Gasteiger partial charge in [0.05, 0.1) is 5.69 Å². The fraction of sp³-hybridized carbons (Fsp3) is 0.400. The molecule has 80 valence electrons. The Kier molecular flexibility index (Phi) is 3.32. The van der Waals surface area contributed by atoms with Crippen molar-refractivity contribution in [3.8, 4) is 11.8 Å². The van der Waals surface area contributed by atoms with E-state index in [-0.39, 0.29) is 5.82 Å². The van der Waals surface area contributed by atoms with Gasteiger partial charge in [-0.3, -0.25) is 0 Å². The van der Waals surface area contributed by atoms with Gasteiger partial charge in [-0.15, -0.1) is 0 Å². The second-order valence-electron chi connectivity index (χ2n) is 3.64. The molecule has 1 aromatic heterocycles. The van der Waals surface area contributed by atoms with E-state index in [2.05, 4.69) is 37.7 Å². The Bertz CT molecular complexity index is 440. The summed E-state index contributed by atoms with van der Waals surface area (Å²) in [6.45, 7) is 4.97. The van der Waals surface area contributed by atoms with Gasteiger partial charge >= 0.3 is 0 Å². The molecule has 0 aliphatic rings. The normalized spacial score (nSPS) is 10.7. The molecule has 3 N–H and O–H groups in total. The Hall–Kier alpha value is -1.12. The molecule has 0 aliphatic heterocycles. The van der Waals surface area contributed by atoms with E-state index < -0.39 is 5.60 Å². The molecule has 0 bridgehead atoms. The lowest BCUT2D eigenvalue weighted by atomic mass is 10.1. The molecule has 0 spiro atoms. The molecule has 4 nitrogen and oxygen atoms in total. The van der Waals surface area contributed by atoms with Crippen LogP contribution in [0.3, 0.4) is 0 Å². The molecule has 1 heterocycles. The third-order valence-corrected chi connectivity index (χ3v) is 2.28. The zero-order valence-corrected chi connectivity index (χ0v) is 10.4. The number of aliphatic hydroxyl groups is 1. The van der Waals surface area contributed by atoms with Crippen LogP contribution >= 0.6 is 15.9 Å². The smallest absolute Gasteiger partial charge is 0.158 e. The monoisotopic (exact) mass is 269 g/mol. The third-order valence-electron chi connectivity index (χ3n) is 1.53. The van der Waals surface area contributed by atoms with Crippen LogP contribution in [-0.2, 0) is 0 Å². The van der Waals surface area contributed by atoms with Crippen molar-refractivity contribution in [1.82, 2.24) is 9.97 Å².